The van der Waals surface area contributed by atoms with Crippen LogP contribution in [0.15, 0.2) is 18.2 Å². The Morgan fingerprint density at radius 2 is 1.65 bits per heavy atom. The second kappa shape index (κ2) is 10.4. The highest BCUT2D eigenvalue weighted by Crippen LogP contribution is 2.29. The van der Waals surface area contributed by atoms with Gasteiger partial charge in [-0.25, -0.2) is 5.48 Å². The van der Waals surface area contributed by atoms with Crippen LogP contribution in [-0.2, 0) is 9.59 Å². The predicted octanol–water partition coefficient (Wildman–Crippen LogP) is 2.49. The molecule has 0 bridgehead atoms. The lowest BCUT2D eigenvalue weighted by Crippen LogP contribution is -2.17. The van der Waals surface area contributed by atoms with Gasteiger partial charge in [0.2, 0.25) is 11.8 Å². The van der Waals surface area contributed by atoms with E-state index in [9.17, 15) is 9.59 Å². The first-order chi connectivity index (χ1) is 11.1. The molecule has 1 aromatic carbocycles. The van der Waals surface area contributed by atoms with E-state index >= 15 is 0 Å². The van der Waals surface area contributed by atoms with Crippen LogP contribution in [0.1, 0.15) is 38.5 Å². The van der Waals surface area contributed by atoms with Gasteiger partial charge in [-0.3, -0.25) is 14.8 Å². The van der Waals surface area contributed by atoms with E-state index in [4.69, 9.17) is 14.7 Å². The van der Waals surface area contributed by atoms with E-state index in [0.29, 0.717) is 36.4 Å². The van der Waals surface area contributed by atoms with E-state index in [-0.39, 0.29) is 11.8 Å². The van der Waals surface area contributed by atoms with Crippen LogP contribution in [0.3, 0.4) is 0 Å². The number of hydroxylamine groups is 1. The molecule has 0 aliphatic carbocycles. The number of carbonyl (C=O) groups is 2. The monoisotopic (exact) mass is 324 g/mol. The second-order valence-corrected chi connectivity index (χ2v) is 5.06. The van der Waals surface area contributed by atoms with Crippen molar-refractivity contribution in [1.82, 2.24) is 5.48 Å². The highest BCUT2D eigenvalue weighted by molar-refractivity contribution is 5.92. The summed E-state index contributed by atoms with van der Waals surface area (Å²) in [5, 5.41) is 11.2. The highest BCUT2D eigenvalue weighted by Gasteiger charge is 2.09. The molecule has 0 saturated heterocycles. The molecule has 0 aliphatic heterocycles. The van der Waals surface area contributed by atoms with Crippen LogP contribution in [0.25, 0.3) is 0 Å². The molecule has 0 atom stereocenters. The smallest absolute Gasteiger partial charge is 0.243 e. The van der Waals surface area contributed by atoms with E-state index in [1.54, 1.807) is 37.9 Å². The normalized spacial score (nSPS) is 10.0. The maximum atomic E-state index is 12.0. The molecule has 0 aromatic heterocycles. The third-order valence-electron chi connectivity index (χ3n) is 3.36. The molecule has 1 aromatic rings. The van der Waals surface area contributed by atoms with Crippen LogP contribution in [-0.4, -0.2) is 31.2 Å². The first kappa shape index (κ1) is 18.8. The Kier molecular flexibility index (Phi) is 8.52. The molecule has 0 unspecified atom stereocenters. The SMILES string of the molecule is COc1ccc(OC)c(NC(=O)CCCCCCC(=O)NO)c1. The molecule has 0 radical (unpaired) electrons. The molecule has 7 heteroatoms. The predicted molar refractivity (Wildman–Crippen MR) is 85.8 cm³/mol. The topological polar surface area (TPSA) is 96.9 Å². The van der Waals surface area contributed by atoms with Crippen molar-refractivity contribution in [2.24, 2.45) is 0 Å². The van der Waals surface area contributed by atoms with Gasteiger partial charge in [-0.1, -0.05) is 12.8 Å². The number of amides is 2. The molecular formula is C16H24N2O5. The van der Waals surface area contributed by atoms with Crippen LogP contribution in [0.4, 0.5) is 5.69 Å². The van der Waals surface area contributed by atoms with Gasteiger partial charge in [0.25, 0.3) is 0 Å². The molecule has 0 spiro atoms. The van der Waals surface area contributed by atoms with Gasteiger partial charge < -0.3 is 14.8 Å². The van der Waals surface area contributed by atoms with Gasteiger partial charge in [0.1, 0.15) is 11.5 Å². The number of hydrogen-bond donors (Lipinski definition) is 3. The first-order valence-electron chi connectivity index (χ1n) is 7.55. The summed E-state index contributed by atoms with van der Waals surface area (Å²) in [5.41, 5.74) is 2.18. The maximum absolute atomic E-state index is 12.0. The van der Waals surface area contributed by atoms with Crippen molar-refractivity contribution in [1.29, 1.82) is 0 Å². The summed E-state index contributed by atoms with van der Waals surface area (Å²) in [4.78, 5) is 22.8. The van der Waals surface area contributed by atoms with Gasteiger partial charge in [-0.15, -0.1) is 0 Å². The lowest BCUT2D eigenvalue weighted by Gasteiger charge is -2.11. The molecule has 23 heavy (non-hydrogen) atoms. The van der Waals surface area contributed by atoms with Crippen LogP contribution < -0.4 is 20.3 Å². The van der Waals surface area contributed by atoms with Gasteiger partial charge in [-0.05, 0) is 25.0 Å². The average molecular weight is 324 g/mol. The molecule has 3 N–H and O–H groups in total. The Balaban J connectivity index is 2.32. The van der Waals surface area contributed by atoms with E-state index < -0.39 is 0 Å². The molecule has 0 saturated carbocycles. The summed E-state index contributed by atoms with van der Waals surface area (Å²) < 4.78 is 10.3. The standard InChI is InChI=1S/C16H24N2O5/c1-22-12-9-10-14(23-2)13(11-12)17-15(19)7-5-3-4-6-8-16(20)18-21/h9-11,21H,3-8H2,1-2H3,(H,17,19)(H,18,20). The summed E-state index contributed by atoms with van der Waals surface area (Å²) in [7, 11) is 3.10. The zero-order valence-electron chi connectivity index (χ0n) is 13.6. The minimum Gasteiger partial charge on any atom is -0.497 e. The van der Waals surface area contributed by atoms with Crippen LogP contribution in [0.5, 0.6) is 11.5 Å². The fourth-order valence-electron chi connectivity index (χ4n) is 2.11. The summed E-state index contributed by atoms with van der Waals surface area (Å²) in [6, 6.07) is 5.21. The Morgan fingerprint density at radius 1 is 1.00 bits per heavy atom. The van der Waals surface area contributed by atoms with Crippen LogP contribution in [0, 0.1) is 0 Å². The lowest BCUT2D eigenvalue weighted by atomic mass is 10.1. The maximum Gasteiger partial charge on any atom is 0.243 e. The Labute approximate surface area is 135 Å². The molecule has 128 valence electrons. The van der Waals surface area contributed by atoms with Gasteiger partial charge in [-0.2, -0.15) is 0 Å². The zero-order chi connectivity index (χ0) is 17.1. The minimum atomic E-state index is -0.382. The lowest BCUT2D eigenvalue weighted by molar-refractivity contribution is -0.129. The molecule has 2 amide bonds. The van der Waals surface area contributed by atoms with Crippen molar-refractivity contribution >= 4 is 17.5 Å². The van der Waals surface area contributed by atoms with E-state index in [2.05, 4.69) is 5.32 Å². The fourth-order valence-corrected chi connectivity index (χ4v) is 2.11. The number of rotatable bonds is 10. The quantitative estimate of drug-likeness (QED) is 0.349. The summed E-state index contributed by atoms with van der Waals surface area (Å²) >= 11 is 0. The molecule has 7 nitrogen and oxygen atoms in total. The Bertz CT molecular complexity index is 519. The van der Waals surface area contributed by atoms with Gasteiger partial charge >= 0.3 is 0 Å². The number of methoxy groups -OCH3 is 2. The van der Waals surface area contributed by atoms with Crippen LogP contribution >= 0.6 is 0 Å². The number of nitrogens with one attached hydrogen (secondary N) is 2. The number of hydrogen-bond acceptors (Lipinski definition) is 5. The average Bonchev–Trinajstić information content (AvgIpc) is 2.57. The van der Waals surface area contributed by atoms with Gasteiger partial charge in [0, 0.05) is 18.9 Å². The Morgan fingerprint density at radius 3 is 2.22 bits per heavy atom. The van der Waals surface area contributed by atoms with Crippen molar-refractivity contribution < 1.29 is 24.3 Å². The molecular weight excluding hydrogens is 300 g/mol. The van der Waals surface area contributed by atoms with Crippen molar-refractivity contribution in [2.45, 2.75) is 38.5 Å². The first-order valence-corrected chi connectivity index (χ1v) is 7.55. The highest BCUT2D eigenvalue weighted by atomic mass is 16.5. The van der Waals surface area contributed by atoms with E-state index in [0.717, 1.165) is 19.3 Å². The number of anilines is 1. The number of benzene rings is 1. The minimum absolute atomic E-state index is 0.0929. The third kappa shape index (κ3) is 7.01. The number of ether oxygens (including phenoxy) is 2. The third-order valence-corrected chi connectivity index (χ3v) is 3.36. The van der Waals surface area contributed by atoms with Crippen molar-refractivity contribution in [3.8, 4) is 11.5 Å². The summed E-state index contributed by atoms with van der Waals surface area (Å²) in [6.07, 6.45) is 3.80. The summed E-state index contributed by atoms with van der Waals surface area (Å²) in [6.45, 7) is 0. The molecule has 0 heterocycles. The molecule has 0 aliphatic rings. The number of unbranched alkanes of at least 4 members (excludes halogenated alkanes) is 3. The van der Waals surface area contributed by atoms with Gasteiger partial charge in [0.15, 0.2) is 0 Å². The number of carbonyl (C=O) groups excluding carboxylic acids is 2. The van der Waals surface area contributed by atoms with Crippen LogP contribution in [0.2, 0.25) is 0 Å². The molecule has 0 fully saturated rings. The Hall–Kier alpha value is -2.28. The van der Waals surface area contributed by atoms with Crippen molar-refractivity contribution in [3.63, 3.8) is 0 Å². The fraction of sp³-hybridized carbons (Fsp3) is 0.500. The van der Waals surface area contributed by atoms with E-state index in [1.807, 2.05) is 0 Å². The zero-order valence-corrected chi connectivity index (χ0v) is 13.6. The summed E-state index contributed by atoms with van der Waals surface area (Å²) in [5.74, 6) is 0.745. The van der Waals surface area contributed by atoms with Crippen molar-refractivity contribution in [2.75, 3.05) is 19.5 Å². The van der Waals surface area contributed by atoms with Gasteiger partial charge in [0.05, 0.1) is 19.9 Å². The largest absolute Gasteiger partial charge is 0.497 e. The second-order valence-electron chi connectivity index (χ2n) is 5.06. The van der Waals surface area contributed by atoms with E-state index in [1.165, 1.54) is 0 Å². The van der Waals surface area contributed by atoms with Crippen molar-refractivity contribution in [3.05, 3.63) is 18.2 Å². The molecule has 1 rings (SSSR count).